The number of halogens is 1. The summed E-state index contributed by atoms with van der Waals surface area (Å²) in [6, 6.07) is 7.80. The van der Waals surface area contributed by atoms with Gasteiger partial charge in [0.05, 0.1) is 12.2 Å². The van der Waals surface area contributed by atoms with Gasteiger partial charge in [0, 0.05) is 49.8 Å². The van der Waals surface area contributed by atoms with Gasteiger partial charge in [-0.25, -0.2) is 4.79 Å². The van der Waals surface area contributed by atoms with E-state index >= 15 is 0 Å². The third kappa shape index (κ3) is 7.91. The summed E-state index contributed by atoms with van der Waals surface area (Å²) in [6.45, 7) is 7.67. The molecule has 3 N–H and O–H groups in total. The number of benzene rings is 1. The van der Waals surface area contributed by atoms with Crippen LogP contribution in [-0.2, 0) is 9.47 Å². The van der Waals surface area contributed by atoms with Gasteiger partial charge in [-0.15, -0.1) is 0 Å². The number of nitrogens with two attached hydrogens (primary N) is 1. The molecule has 2 heterocycles. The van der Waals surface area contributed by atoms with E-state index in [9.17, 15) is 4.79 Å². The summed E-state index contributed by atoms with van der Waals surface area (Å²) in [6.07, 6.45) is 6.38. The molecule has 0 saturated carbocycles. The highest BCUT2D eigenvalue weighted by Gasteiger charge is 2.32. The number of rotatable bonds is 8. The normalized spacial score (nSPS) is 24.1. The summed E-state index contributed by atoms with van der Waals surface area (Å²) >= 11 is 6.24. The molecule has 2 saturated heterocycles. The SMILES string of the molecule is CC(C)OC(c1cccc(Cl)c1)[C@@H]1CCCN(C(=O)NC[C@H](N)C[C@H]2CCCCOC2)C1. The Balaban J connectivity index is 1.53. The van der Waals surface area contributed by atoms with E-state index in [0.29, 0.717) is 24.0 Å². The minimum Gasteiger partial charge on any atom is -0.381 e. The number of carbonyl (C=O) groups is 1. The maximum Gasteiger partial charge on any atom is 0.317 e. The molecule has 1 aromatic carbocycles. The van der Waals surface area contributed by atoms with Crippen LogP contribution in [0.25, 0.3) is 0 Å². The zero-order valence-electron chi connectivity index (χ0n) is 19.6. The average molecular weight is 466 g/mol. The summed E-state index contributed by atoms with van der Waals surface area (Å²) in [4.78, 5) is 14.8. The van der Waals surface area contributed by atoms with Crippen LogP contribution in [0.2, 0.25) is 5.02 Å². The first-order chi connectivity index (χ1) is 15.4. The number of carbonyl (C=O) groups excluding carboxylic acids is 1. The van der Waals surface area contributed by atoms with Crippen molar-refractivity contribution >= 4 is 17.6 Å². The van der Waals surface area contributed by atoms with Crippen LogP contribution >= 0.6 is 11.6 Å². The topological polar surface area (TPSA) is 76.8 Å². The van der Waals surface area contributed by atoms with E-state index in [-0.39, 0.29) is 30.2 Å². The third-order valence-corrected chi connectivity index (χ3v) is 6.66. The Labute approximate surface area is 198 Å². The Hall–Kier alpha value is -1.34. The second-order valence-electron chi connectivity index (χ2n) is 9.63. The zero-order valence-corrected chi connectivity index (χ0v) is 20.4. The maximum atomic E-state index is 12.9. The van der Waals surface area contributed by atoms with Crippen molar-refractivity contribution in [1.29, 1.82) is 0 Å². The first-order valence-electron chi connectivity index (χ1n) is 12.2. The van der Waals surface area contributed by atoms with Crippen molar-refractivity contribution < 1.29 is 14.3 Å². The van der Waals surface area contributed by atoms with Gasteiger partial charge in [-0.3, -0.25) is 0 Å². The lowest BCUT2D eigenvalue weighted by Crippen LogP contribution is -2.49. The minimum absolute atomic E-state index is 0.0309. The van der Waals surface area contributed by atoms with Crippen LogP contribution < -0.4 is 11.1 Å². The van der Waals surface area contributed by atoms with Crippen molar-refractivity contribution in [3.8, 4) is 0 Å². The summed E-state index contributed by atoms with van der Waals surface area (Å²) in [5, 5.41) is 3.77. The van der Waals surface area contributed by atoms with Gasteiger partial charge >= 0.3 is 6.03 Å². The molecule has 0 aromatic heterocycles. The first-order valence-corrected chi connectivity index (χ1v) is 12.6. The lowest BCUT2D eigenvalue weighted by Gasteiger charge is -2.38. The summed E-state index contributed by atoms with van der Waals surface area (Å²) < 4.78 is 12.0. The molecule has 2 aliphatic rings. The molecule has 0 spiro atoms. The van der Waals surface area contributed by atoms with Crippen molar-refractivity contribution in [1.82, 2.24) is 10.2 Å². The van der Waals surface area contributed by atoms with E-state index in [4.69, 9.17) is 26.8 Å². The molecule has 2 aliphatic heterocycles. The monoisotopic (exact) mass is 465 g/mol. The number of nitrogens with one attached hydrogen (secondary N) is 1. The molecule has 180 valence electrons. The molecule has 0 bridgehead atoms. The highest BCUT2D eigenvalue weighted by molar-refractivity contribution is 6.30. The van der Waals surface area contributed by atoms with Gasteiger partial charge in [-0.05, 0) is 69.6 Å². The fourth-order valence-electron chi connectivity index (χ4n) is 4.88. The molecule has 0 aliphatic carbocycles. The average Bonchev–Trinajstić information content (AvgIpc) is 3.04. The number of urea groups is 1. The number of hydrogen-bond acceptors (Lipinski definition) is 4. The summed E-state index contributed by atoms with van der Waals surface area (Å²) in [5.41, 5.74) is 7.41. The fourth-order valence-corrected chi connectivity index (χ4v) is 5.08. The van der Waals surface area contributed by atoms with Crippen molar-refractivity contribution in [3.05, 3.63) is 34.9 Å². The molecule has 2 fully saturated rings. The van der Waals surface area contributed by atoms with Crippen LogP contribution in [0.1, 0.15) is 64.0 Å². The van der Waals surface area contributed by atoms with Crippen molar-refractivity contribution in [2.45, 2.75) is 70.6 Å². The molecule has 32 heavy (non-hydrogen) atoms. The second-order valence-corrected chi connectivity index (χ2v) is 10.1. The van der Waals surface area contributed by atoms with Crippen molar-refractivity contribution in [2.75, 3.05) is 32.8 Å². The quantitative estimate of drug-likeness (QED) is 0.580. The van der Waals surface area contributed by atoms with Crippen LogP contribution in [0.4, 0.5) is 4.79 Å². The van der Waals surface area contributed by atoms with E-state index in [1.807, 2.05) is 36.9 Å². The molecule has 1 aromatic rings. The molecule has 2 amide bonds. The minimum atomic E-state index is -0.0817. The Morgan fingerprint density at radius 2 is 2.16 bits per heavy atom. The largest absolute Gasteiger partial charge is 0.381 e. The number of amides is 2. The highest BCUT2D eigenvalue weighted by atomic mass is 35.5. The molecular formula is C25H40ClN3O3. The molecule has 7 heteroatoms. The predicted octanol–water partition coefficient (Wildman–Crippen LogP) is 4.76. The first kappa shape index (κ1) is 25.3. The van der Waals surface area contributed by atoms with Crippen LogP contribution in [0.5, 0.6) is 0 Å². The zero-order chi connectivity index (χ0) is 22.9. The Morgan fingerprint density at radius 1 is 1.31 bits per heavy atom. The second kappa shape index (κ2) is 12.8. The number of hydrogen-bond donors (Lipinski definition) is 2. The molecule has 4 atom stereocenters. The van der Waals surface area contributed by atoms with Crippen LogP contribution in [-0.4, -0.2) is 55.9 Å². The van der Waals surface area contributed by atoms with Gasteiger partial charge in [0.15, 0.2) is 0 Å². The molecule has 3 rings (SSSR count). The number of nitrogens with zero attached hydrogens (tertiary/aromatic N) is 1. The van der Waals surface area contributed by atoms with E-state index in [1.54, 1.807) is 0 Å². The molecule has 0 radical (unpaired) electrons. The van der Waals surface area contributed by atoms with Crippen molar-refractivity contribution in [2.24, 2.45) is 17.6 Å². The Kier molecular flexibility index (Phi) is 10.1. The van der Waals surface area contributed by atoms with E-state index in [0.717, 1.165) is 57.4 Å². The lowest BCUT2D eigenvalue weighted by atomic mass is 9.88. The van der Waals surface area contributed by atoms with Gasteiger partial charge in [0.2, 0.25) is 0 Å². The van der Waals surface area contributed by atoms with Gasteiger partial charge in [-0.1, -0.05) is 30.2 Å². The number of ether oxygens (including phenoxy) is 2. The van der Waals surface area contributed by atoms with Crippen LogP contribution in [0.3, 0.4) is 0 Å². The molecular weight excluding hydrogens is 426 g/mol. The Morgan fingerprint density at radius 3 is 2.94 bits per heavy atom. The summed E-state index contributed by atoms with van der Waals surface area (Å²) in [5.74, 6) is 0.725. The fraction of sp³-hybridized carbons (Fsp3) is 0.720. The van der Waals surface area contributed by atoms with Crippen LogP contribution in [0, 0.1) is 11.8 Å². The molecule has 1 unspecified atom stereocenters. The maximum absolute atomic E-state index is 12.9. The predicted molar refractivity (Wildman–Crippen MR) is 129 cm³/mol. The van der Waals surface area contributed by atoms with Gasteiger partial charge in [0.25, 0.3) is 0 Å². The lowest BCUT2D eigenvalue weighted by molar-refractivity contribution is -0.0433. The highest BCUT2D eigenvalue weighted by Crippen LogP contribution is 2.34. The van der Waals surface area contributed by atoms with E-state index in [1.165, 1.54) is 6.42 Å². The Bertz CT molecular complexity index is 709. The van der Waals surface area contributed by atoms with E-state index < -0.39 is 0 Å². The molecule has 6 nitrogen and oxygen atoms in total. The van der Waals surface area contributed by atoms with Crippen LogP contribution in [0.15, 0.2) is 24.3 Å². The summed E-state index contributed by atoms with van der Waals surface area (Å²) in [7, 11) is 0. The van der Waals surface area contributed by atoms with Gasteiger partial charge in [0.1, 0.15) is 0 Å². The van der Waals surface area contributed by atoms with E-state index in [2.05, 4.69) is 11.4 Å². The number of likely N-dealkylation sites (tertiary alicyclic amines) is 1. The van der Waals surface area contributed by atoms with Crippen molar-refractivity contribution in [3.63, 3.8) is 0 Å². The number of piperidine rings is 1. The standard InChI is InChI=1S/C25H40ClN3O3/c1-18(2)32-24(20-8-5-10-22(26)14-20)21-9-6-11-29(16-21)25(30)28-15-23(27)13-19-7-3-4-12-31-17-19/h5,8,10,14,18-19,21,23-24H,3-4,6-7,9,11-13,15-17,27H2,1-2H3,(H,28,30)/t19-,21-,23-,24?/m1/s1. The third-order valence-electron chi connectivity index (χ3n) is 6.43. The van der Waals surface area contributed by atoms with Gasteiger partial charge in [-0.2, -0.15) is 0 Å². The van der Waals surface area contributed by atoms with Gasteiger partial charge < -0.3 is 25.4 Å². The smallest absolute Gasteiger partial charge is 0.317 e.